The van der Waals surface area contributed by atoms with E-state index in [-0.39, 0.29) is 19.5 Å². The number of carbonyl (C=O) groups is 1. The Kier molecular flexibility index (Phi) is 5.45. The number of halogens is 3. The van der Waals surface area contributed by atoms with Crippen molar-refractivity contribution in [2.75, 3.05) is 20.2 Å². The van der Waals surface area contributed by atoms with E-state index in [0.29, 0.717) is 0 Å². The second kappa shape index (κ2) is 5.80. The van der Waals surface area contributed by atoms with Crippen molar-refractivity contribution < 1.29 is 22.7 Å². The van der Waals surface area contributed by atoms with Crippen molar-refractivity contribution in [3.63, 3.8) is 0 Å². The molecular weight excluding hydrogens is 187 g/mol. The van der Waals surface area contributed by atoms with Crippen molar-refractivity contribution in [2.45, 2.75) is 19.0 Å². The van der Waals surface area contributed by atoms with Gasteiger partial charge in [0.05, 0.1) is 20.0 Å². The number of hydrogen-bond donors (Lipinski definition) is 1. The van der Waals surface area contributed by atoms with Gasteiger partial charge in [-0.2, -0.15) is 13.2 Å². The third kappa shape index (κ3) is 9.13. The Labute approximate surface area is 74.3 Å². The quantitative estimate of drug-likeness (QED) is 0.532. The number of hydrogen-bond acceptors (Lipinski definition) is 3. The molecule has 0 spiro atoms. The van der Waals surface area contributed by atoms with E-state index in [2.05, 4.69) is 10.1 Å². The molecule has 0 saturated carbocycles. The number of nitrogens with one attached hydrogen (secondary N) is 1. The van der Waals surface area contributed by atoms with Crippen LogP contribution in [-0.4, -0.2) is 32.3 Å². The SMILES string of the molecule is COC(=O)CCNCCC(F)(F)F. The minimum atomic E-state index is -4.14. The number of methoxy groups -OCH3 is 1. The highest BCUT2D eigenvalue weighted by molar-refractivity contribution is 5.69. The van der Waals surface area contributed by atoms with E-state index >= 15 is 0 Å². The zero-order chi connectivity index (χ0) is 10.3. The summed E-state index contributed by atoms with van der Waals surface area (Å²) in [4.78, 5) is 10.5. The predicted octanol–water partition coefficient (Wildman–Crippen LogP) is 1.09. The predicted molar refractivity (Wildman–Crippen MR) is 40.2 cm³/mol. The minimum absolute atomic E-state index is 0.0916. The molecule has 78 valence electrons. The first-order valence-electron chi connectivity index (χ1n) is 3.80. The van der Waals surface area contributed by atoms with Gasteiger partial charge in [-0.05, 0) is 0 Å². The van der Waals surface area contributed by atoms with E-state index in [9.17, 15) is 18.0 Å². The van der Waals surface area contributed by atoms with E-state index in [1.807, 2.05) is 0 Å². The molecule has 3 nitrogen and oxygen atoms in total. The Morgan fingerprint density at radius 2 is 2.00 bits per heavy atom. The van der Waals surface area contributed by atoms with Gasteiger partial charge in [0.1, 0.15) is 0 Å². The molecule has 0 fully saturated rings. The van der Waals surface area contributed by atoms with Crippen LogP contribution in [-0.2, 0) is 9.53 Å². The molecule has 0 bridgehead atoms. The molecule has 0 rings (SSSR count). The molecule has 0 atom stereocenters. The van der Waals surface area contributed by atoms with E-state index in [1.165, 1.54) is 7.11 Å². The molecule has 6 heteroatoms. The average Bonchev–Trinajstić information content (AvgIpc) is 2.01. The number of carbonyl (C=O) groups excluding carboxylic acids is 1. The van der Waals surface area contributed by atoms with Crippen molar-refractivity contribution in [1.29, 1.82) is 0 Å². The van der Waals surface area contributed by atoms with Crippen LogP contribution in [0.15, 0.2) is 0 Å². The van der Waals surface area contributed by atoms with Crippen molar-refractivity contribution in [2.24, 2.45) is 0 Å². The molecule has 0 aromatic heterocycles. The lowest BCUT2D eigenvalue weighted by Gasteiger charge is -2.06. The van der Waals surface area contributed by atoms with Gasteiger partial charge < -0.3 is 10.1 Å². The van der Waals surface area contributed by atoms with Crippen LogP contribution in [0.3, 0.4) is 0 Å². The number of esters is 1. The van der Waals surface area contributed by atoms with Crippen molar-refractivity contribution in [1.82, 2.24) is 5.32 Å². The van der Waals surface area contributed by atoms with Crippen LogP contribution in [0.1, 0.15) is 12.8 Å². The van der Waals surface area contributed by atoms with Gasteiger partial charge >= 0.3 is 12.1 Å². The molecule has 0 amide bonds. The summed E-state index contributed by atoms with van der Waals surface area (Å²) in [6, 6.07) is 0. The molecule has 13 heavy (non-hydrogen) atoms. The molecule has 0 heterocycles. The second-order valence-electron chi connectivity index (χ2n) is 2.44. The maximum Gasteiger partial charge on any atom is 0.390 e. The number of rotatable bonds is 5. The highest BCUT2D eigenvalue weighted by Gasteiger charge is 2.25. The van der Waals surface area contributed by atoms with Gasteiger partial charge in [0.25, 0.3) is 0 Å². The largest absolute Gasteiger partial charge is 0.469 e. The Hall–Kier alpha value is -0.780. The summed E-state index contributed by atoms with van der Waals surface area (Å²) < 4.78 is 39.0. The monoisotopic (exact) mass is 199 g/mol. The number of ether oxygens (including phenoxy) is 1. The van der Waals surface area contributed by atoms with Gasteiger partial charge in [-0.1, -0.05) is 0 Å². The summed E-state index contributed by atoms with van der Waals surface area (Å²) in [5.74, 6) is -0.431. The van der Waals surface area contributed by atoms with E-state index < -0.39 is 18.6 Å². The zero-order valence-corrected chi connectivity index (χ0v) is 7.28. The van der Waals surface area contributed by atoms with Crippen LogP contribution in [0, 0.1) is 0 Å². The van der Waals surface area contributed by atoms with Crippen molar-refractivity contribution in [3.05, 3.63) is 0 Å². The lowest BCUT2D eigenvalue weighted by molar-refractivity contribution is -0.140. The lowest BCUT2D eigenvalue weighted by atomic mass is 10.4. The standard InChI is InChI=1S/C7H12F3NO2/c1-13-6(12)2-4-11-5-3-7(8,9)10/h11H,2-5H2,1H3. The first-order valence-corrected chi connectivity index (χ1v) is 3.80. The van der Waals surface area contributed by atoms with E-state index in [4.69, 9.17) is 0 Å². The smallest absolute Gasteiger partial charge is 0.390 e. The maximum atomic E-state index is 11.6. The van der Waals surface area contributed by atoms with Crippen LogP contribution in [0.25, 0.3) is 0 Å². The average molecular weight is 199 g/mol. The molecule has 0 unspecified atom stereocenters. The zero-order valence-electron chi connectivity index (χ0n) is 7.28. The van der Waals surface area contributed by atoms with Crippen LogP contribution < -0.4 is 5.32 Å². The van der Waals surface area contributed by atoms with Gasteiger partial charge in [-0.15, -0.1) is 0 Å². The molecule has 0 saturated heterocycles. The minimum Gasteiger partial charge on any atom is -0.469 e. The Balaban J connectivity index is 3.22. The maximum absolute atomic E-state index is 11.6. The molecule has 0 aliphatic heterocycles. The molecule has 0 aliphatic rings. The van der Waals surface area contributed by atoms with Gasteiger partial charge in [-0.25, -0.2) is 0 Å². The summed E-state index contributed by atoms with van der Waals surface area (Å²) in [7, 11) is 1.23. The van der Waals surface area contributed by atoms with Gasteiger partial charge in [-0.3, -0.25) is 4.79 Å². The first-order chi connectivity index (χ1) is 5.95. The summed E-state index contributed by atoms with van der Waals surface area (Å²) >= 11 is 0. The Bertz CT molecular complexity index is 158. The fourth-order valence-corrected chi connectivity index (χ4v) is 0.648. The van der Waals surface area contributed by atoms with Gasteiger partial charge in [0.15, 0.2) is 0 Å². The number of alkyl halides is 3. The summed E-state index contributed by atoms with van der Waals surface area (Å²) in [5, 5.41) is 2.49. The summed E-state index contributed by atoms with van der Waals surface area (Å²) in [5.41, 5.74) is 0. The molecule has 0 aromatic rings. The van der Waals surface area contributed by atoms with Crippen LogP contribution in [0.5, 0.6) is 0 Å². The van der Waals surface area contributed by atoms with E-state index in [0.717, 1.165) is 0 Å². The summed E-state index contributed by atoms with van der Waals surface area (Å²) in [6.45, 7) is 0.0449. The normalized spacial score (nSPS) is 11.4. The molecule has 0 radical (unpaired) electrons. The molecular formula is C7H12F3NO2. The highest BCUT2D eigenvalue weighted by Crippen LogP contribution is 2.17. The fraction of sp³-hybridized carbons (Fsp3) is 0.857. The molecule has 1 N–H and O–H groups in total. The van der Waals surface area contributed by atoms with Gasteiger partial charge in [0, 0.05) is 13.1 Å². The highest BCUT2D eigenvalue weighted by atomic mass is 19.4. The van der Waals surface area contributed by atoms with Gasteiger partial charge in [0.2, 0.25) is 0 Å². The molecule has 0 aromatic carbocycles. The Morgan fingerprint density at radius 3 is 2.46 bits per heavy atom. The van der Waals surface area contributed by atoms with Crippen molar-refractivity contribution >= 4 is 5.97 Å². The fourth-order valence-electron chi connectivity index (χ4n) is 0.648. The van der Waals surface area contributed by atoms with Crippen molar-refractivity contribution in [3.8, 4) is 0 Å². The van der Waals surface area contributed by atoms with E-state index in [1.54, 1.807) is 0 Å². The Morgan fingerprint density at radius 1 is 1.38 bits per heavy atom. The van der Waals surface area contributed by atoms with Crippen LogP contribution in [0.4, 0.5) is 13.2 Å². The van der Waals surface area contributed by atoms with Crippen LogP contribution >= 0.6 is 0 Å². The third-order valence-electron chi connectivity index (χ3n) is 1.32. The summed E-state index contributed by atoms with van der Waals surface area (Å²) in [6.07, 6.45) is -4.93. The second-order valence-corrected chi connectivity index (χ2v) is 2.44. The molecule has 0 aliphatic carbocycles. The lowest BCUT2D eigenvalue weighted by Crippen LogP contribution is -2.24. The third-order valence-corrected chi connectivity index (χ3v) is 1.32. The first kappa shape index (κ1) is 12.2. The van der Waals surface area contributed by atoms with Crippen LogP contribution in [0.2, 0.25) is 0 Å². The topological polar surface area (TPSA) is 38.3 Å².